The standard InChI is InChI=1S/C15H18N4O4/c1-22-9-14-16-11-8-19(7-6-12(11)23-14)15(21)5-3-10-2-4-13(20)18-17-10/h2,4H,3,5-9H2,1H3,(H,18,20). The van der Waals surface area contributed by atoms with Crippen molar-refractivity contribution in [2.75, 3.05) is 13.7 Å². The van der Waals surface area contributed by atoms with Crippen molar-refractivity contribution in [3.8, 4) is 0 Å². The maximum Gasteiger partial charge on any atom is 0.264 e. The van der Waals surface area contributed by atoms with Crippen molar-refractivity contribution in [3.05, 3.63) is 45.5 Å². The molecule has 1 N–H and O–H groups in total. The minimum absolute atomic E-state index is 0.0416. The molecule has 0 fully saturated rings. The van der Waals surface area contributed by atoms with Gasteiger partial charge in [-0.3, -0.25) is 9.59 Å². The number of carbonyl (C=O) groups is 1. The van der Waals surface area contributed by atoms with Crippen LogP contribution in [0.4, 0.5) is 0 Å². The minimum Gasteiger partial charge on any atom is -0.443 e. The first-order chi connectivity index (χ1) is 11.2. The third-order valence-corrected chi connectivity index (χ3v) is 3.72. The number of methoxy groups -OCH3 is 1. The lowest BCUT2D eigenvalue weighted by atomic mass is 10.1. The van der Waals surface area contributed by atoms with E-state index in [2.05, 4.69) is 15.2 Å². The molecule has 1 aliphatic rings. The number of nitrogens with one attached hydrogen (secondary N) is 1. The molecule has 2 aromatic rings. The summed E-state index contributed by atoms with van der Waals surface area (Å²) in [5, 5.41) is 6.27. The highest BCUT2D eigenvalue weighted by atomic mass is 16.5. The van der Waals surface area contributed by atoms with Gasteiger partial charge in [-0.05, 0) is 6.07 Å². The third-order valence-electron chi connectivity index (χ3n) is 3.72. The van der Waals surface area contributed by atoms with Gasteiger partial charge in [-0.1, -0.05) is 0 Å². The Kier molecular flexibility index (Phi) is 4.52. The van der Waals surface area contributed by atoms with Crippen molar-refractivity contribution in [3.63, 3.8) is 0 Å². The molecule has 0 radical (unpaired) electrons. The van der Waals surface area contributed by atoms with Crippen molar-refractivity contribution in [1.82, 2.24) is 20.1 Å². The van der Waals surface area contributed by atoms with E-state index in [1.807, 2.05) is 0 Å². The smallest absolute Gasteiger partial charge is 0.264 e. The maximum atomic E-state index is 12.3. The Labute approximate surface area is 132 Å². The number of rotatable bonds is 5. The lowest BCUT2D eigenvalue weighted by molar-refractivity contribution is -0.132. The van der Waals surface area contributed by atoms with Crippen LogP contribution in [0.2, 0.25) is 0 Å². The van der Waals surface area contributed by atoms with Gasteiger partial charge in [0, 0.05) is 39.0 Å². The van der Waals surface area contributed by atoms with Crippen molar-refractivity contribution in [2.24, 2.45) is 0 Å². The molecule has 2 aromatic heterocycles. The van der Waals surface area contributed by atoms with Crippen LogP contribution in [0.1, 0.15) is 29.5 Å². The Balaban J connectivity index is 1.58. The van der Waals surface area contributed by atoms with Crippen LogP contribution in [0.3, 0.4) is 0 Å². The lowest BCUT2D eigenvalue weighted by Crippen LogP contribution is -2.36. The fourth-order valence-electron chi connectivity index (χ4n) is 2.56. The van der Waals surface area contributed by atoms with Crippen LogP contribution in [0, 0.1) is 0 Å². The molecule has 0 unspecified atom stereocenters. The van der Waals surface area contributed by atoms with Crippen molar-refractivity contribution >= 4 is 5.91 Å². The fraction of sp³-hybridized carbons (Fsp3) is 0.467. The molecule has 1 amide bonds. The minimum atomic E-state index is -0.249. The number of H-pyrrole nitrogens is 1. The number of hydrogen-bond acceptors (Lipinski definition) is 6. The molecule has 0 aromatic carbocycles. The quantitative estimate of drug-likeness (QED) is 0.857. The number of amides is 1. The molecule has 3 heterocycles. The molecular formula is C15H18N4O4. The fourth-order valence-corrected chi connectivity index (χ4v) is 2.56. The summed E-state index contributed by atoms with van der Waals surface area (Å²) in [6.07, 6.45) is 1.50. The van der Waals surface area contributed by atoms with Crippen molar-refractivity contribution in [2.45, 2.75) is 32.4 Å². The largest absolute Gasteiger partial charge is 0.443 e. The molecule has 0 saturated heterocycles. The summed E-state index contributed by atoms with van der Waals surface area (Å²) in [5.41, 5.74) is 1.25. The summed E-state index contributed by atoms with van der Waals surface area (Å²) in [5.74, 6) is 1.42. The Morgan fingerprint density at radius 3 is 3.09 bits per heavy atom. The molecule has 0 bridgehead atoms. The number of oxazole rings is 1. The van der Waals surface area contributed by atoms with Crippen LogP contribution < -0.4 is 5.56 Å². The van der Waals surface area contributed by atoms with E-state index in [1.165, 1.54) is 6.07 Å². The Morgan fingerprint density at radius 2 is 2.35 bits per heavy atom. The predicted molar refractivity (Wildman–Crippen MR) is 79.5 cm³/mol. The van der Waals surface area contributed by atoms with E-state index >= 15 is 0 Å². The van der Waals surface area contributed by atoms with Gasteiger partial charge < -0.3 is 14.1 Å². The number of fused-ring (bicyclic) bond motifs is 1. The molecule has 23 heavy (non-hydrogen) atoms. The average molecular weight is 318 g/mol. The second-order valence-corrected chi connectivity index (χ2v) is 5.39. The summed E-state index contributed by atoms with van der Waals surface area (Å²) < 4.78 is 10.6. The molecule has 0 spiro atoms. The molecular weight excluding hydrogens is 300 g/mol. The molecule has 3 rings (SSSR count). The Bertz CT molecular complexity index is 732. The highest BCUT2D eigenvalue weighted by Crippen LogP contribution is 2.20. The van der Waals surface area contributed by atoms with Gasteiger partial charge in [0.25, 0.3) is 5.56 Å². The van der Waals surface area contributed by atoms with E-state index in [9.17, 15) is 9.59 Å². The SMILES string of the molecule is COCc1nc2c(o1)CCN(C(=O)CCc1ccc(=O)[nH]n1)C2. The number of nitrogens with zero attached hydrogens (tertiary/aromatic N) is 3. The van der Waals surface area contributed by atoms with Gasteiger partial charge in [-0.15, -0.1) is 0 Å². The van der Waals surface area contributed by atoms with Gasteiger partial charge >= 0.3 is 0 Å². The van der Waals surface area contributed by atoms with E-state index in [-0.39, 0.29) is 11.5 Å². The van der Waals surface area contributed by atoms with Crippen LogP contribution in [-0.2, 0) is 35.5 Å². The zero-order chi connectivity index (χ0) is 16.2. The molecule has 0 atom stereocenters. The molecule has 8 heteroatoms. The average Bonchev–Trinajstić information content (AvgIpc) is 2.96. The third kappa shape index (κ3) is 3.65. The molecule has 0 aliphatic carbocycles. The van der Waals surface area contributed by atoms with Crippen LogP contribution in [0.25, 0.3) is 0 Å². The van der Waals surface area contributed by atoms with Gasteiger partial charge in [0.2, 0.25) is 11.8 Å². The first-order valence-electron chi connectivity index (χ1n) is 7.44. The van der Waals surface area contributed by atoms with Crippen LogP contribution in [0.15, 0.2) is 21.3 Å². The lowest BCUT2D eigenvalue weighted by Gasteiger charge is -2.25. The Hall–Kier alpha value is -2.48. The van der Waals surface area contributed by atoms with Crippen LogP contribution in [-0.4, -0.2) is 39.6 Å². The second kappa shape index (κ2) is 6.74. The number of aromatic nitrogens is 3. The number of ether oxygens (including phenoxy) is 1. The summed E-state index contributed by atoms with van der Waals surface area (Å²) in [4.78, 5) is 29.4. The predicted octanol–water partition coefficient (Wildman–Crippen LogP) is 0.422. The normalized spacial score (nSPS) is 13.9. The summed E-state index contributed by atoms with van der Waals surface area (Å²) in [6.45, 7) is 1.41. The molecule has 8 nitrogen and oxygen atoms in total. The van der Waals surface area contributed by atoms with Gasteiger partial charge in [-0.25, -0.2) is 10.1 Å². The Morgan fingerprint density at radius 1 is 1.48 bits per heavy atom. The topological polar surface area (TPSA) is 101 Å². The number of carbonyl (C=O) groups excluding carboxylic acids is 1. The van der Waals surface area contributed by atoms with Crippen molar-refractivity contribution in [1.29, 1.82) is 0 Å². The van der Waals surface area contributed by atoms with Crippen molar-refractivity contribution < 1.29 is 13.9 Å². The summed E-state index contributed by atoms with van der Waals surface area (Å²) in [6, 6.07) is 3.04. The number of aromatic amines is 1. The molecule has 1 aliphatic heterocycles. The van der Waals surface area contributed by atoms with Gasteiger partial charge in [0.1, 0.15) is 18.1 Å². The van der Waals surface area contributed by atoms with Gasteiger partial charge in [0.05, 0.1) is 12.2 Å². The maximum absolute atomic E-state index is 12.3. The summed E-state index contributed by atoms with van der Waals surface area (Å²) in [7, 11) is 1.59. The number of aryl methyl sites for hydroxylation is 1. The van der Waals surface area contributed by atoms with E-state index in [0.717, 1.165) is 11.5 Å². The first-order valence-corrected chi connectivity index (χ1v) is 7.44. The van der Waals surface area contributed by atoms with Gasteiger partial charge in [0.15, 0.2) is 0 Å². The van der Waals surface area contributed by atoms with Crippen LogP contribution in [0.5, 0.6) is 0 Å². The number of hydrogen-bond donors (Lipinski definition) is 1. The second-order valence-electron chi connectivity index (χ2n) is 5.39. The van der Waals surface area contributed by atoms with E-state index in [0.29, 0.717) is 50.5 Å². The zero-order valence-electron chi connectivity index (χ0n) is 12.9. The summed E-state index contributed by atoms with van der Waals surface area (Å²) >= 11 is 0. The zero-order valence-corrected chi connectivity index (χ0v) is 12.9. The molecule has 122 valence electrons. The van der Waals surface area contributed by atoms with Gasteiger partial charge in [-0.2, -0.15) is 5.10 Å². The highest BCUT2D eigenvalue weighted by Gasteiger charge is 2.25. The van der Waals surface area contributed by atoms with Crippen LogP contribution >= 0.6 is 0 Å². The van der Waals surface area contributed by atoms with E-state index < -0.39 is 0 Å². The first kappa shape index (κ1) is 15.4. The monoisotopic (exact) mass is 318 g/mol. The van der Waals surface area contributed by atoms with E-state index in [1.54, 1.807) is 18.1 Å². The van der Waals surface area contributed by atoms with E-state index in [4.69, 9.17) is 9.15 Å². The highest BCUT2D eigenvalue weighted by molar-refractivity contribution is 5.76. The molecule has 0 saturated carbocycles.